The Labute approximate surface area is 167 Å². The van der Waals surface area contributed by atoms with E-state index < -0.39 is 0 Å². The fourth-order valence-corrected chi connectivity index (χ4v) is 3.97. The van der Waals surface area contributed by atoms with Gasteiger partial charge in [-0.2, -0.15) is 4.98 Å². The summed E-state index contributed by atoms with van der Waals surface area (Å²) in [6.07, 6.45) is 3.74. The molecule has 0 fully saturated rings. The molecule has 2 aromatic heterocycles. The number of rotatable bonds is 5. The molecule has 3 heterocycles. The van der Waals surface area contributed by atoms with Gasteiger partial charge >= 0.3 is 0 Å². The molecule has 3 aromatic rings. The molecule has 7 nitrogen and oxygen atoms in total. The Morgan fingerprint density at radius 3 is 2.96 bits per heavy atom. The smallest absolute Gasteiger partial charge is 0.253 e. The summed E-state index contributed by atoms with van der Waals surface area (Å²) in [5.41, 5.74) is 3.98. The van der Waals surface area contributed by atoms with Crippen LogP contribution in [0, 0.1) is 13.8 Å². The number of fused-ring (bicyclic) bond motifs is 2. The van der Waals surface area contributed by atoms with Crippen molar-refractivity contribution in [1.29, 1.82) is 0 Å². The number of benzene rings is 1. The first-order valence-corrected chi connectivity index (χ1v) is 10.6. The van der Waals surface area contributed by atoms with Crippen LogP contribution < -0.4 is 10.1 Å². The third kappa shape index (κ3) is 3.56. The lowest BCUT2D eigenvalue weighted by atomic mass is 10.00. The minimum Gasteiger partial charge on any atom is -0.493 e. The maximum atomic E-state index is 12.6. The number of carbonyl (C=O) groups is 1. The van der Waals surface area contributed by atoms with Crippen LogP contribution in [0.25, 0.3) is 5.78 Å². The molecule has 1 aliphatic heterocycles. The van der Waals surface area contributed by atoms with Crippen LogP contribution >= 0.6 is 11.8 Å². The van der Waals surface area contributed by atoms with Crippen molar-refractivity contribution in [2.45, 2.75) is 44.3 Å². The van der Waals surface area contributed by atoms with Gasteiger partial charge in [-0.25, -0.2) is 9.50 Å². The van der Waals surface area contributed by atoms with Crippen LogP contribution in [-0.2, 0) is 11.2 Å². The number of hydrogen-bond acceptors (Lipinski definition) is 6. The third-order valence-electron chi connectivity index (χ3n) is 5.11. The van der Waals surface area contributed by atoms with E-state index in [1.54, 1.807) is 4.52 Å². The number of aryl methyl sites for hydroxylation is 2. The monoisotopic (exact) mass is 397 g/mol. The Morgan fingerprint density at radius 1 is 1.32 bits per heavy atom. The van der Waals surface area contributed by atoms with Gasteiger partial charge in [0.1, 0.15) is 5.75 Å². The van der Waals surface area contributed by atoms with Gasteiger partial charge in [-0.3, -0.25) is 4.79 Å². The Morgan fingerprint density at radius 2 is 2.14 bits per heavy atom. The summed E-state index contributed by atoms with van der Waals surface area (Å²) in [7, 11) is 0. The van der Waals surface area contributed by atoms with E-state index in [1.165, 1.54) is 11.8 Å². The summed E-state index contributed by atoms with van der Waals surface area (Å²) >= 11 is 1.49. The molecule has 1 aliphatic rings. The van der Waals surface area contributed by atoms with Crippen molar-refractivity contribution >= 4 is 23.4 Å². The molecule has 1 atom stereocenters. The molecule has 1 N–H and O–H groups in total. The molecule has 28 heavy (non-hydrogen) atoms. The Balaban J connectivity index is 1.47. The molecule has 0 saturated heterocycles. The van der Waals surface area contributed by atoms with Gasteiger partial charge in [0.05, 0.1) is 12.6 Å². The largest absolute Gasteiger partial charge is 0.493 e. The maximum Gasteiger partial charge on any atom is 0.253 e. The molecule has 0 spiro atoms. The highest BCUT2D eigenvalue weighted by atomic mass is 32.2. The lowest BCUT2D eigenvalue weighted by Gasteiger charge is -2.26. The molecule has 4 rings (SSSR count). The number of aromatic nitrogens is 4. The van der Waals surface area contributed by atoms with Crippen molar-refractivity contribution in [3.05, 3.63) is 46.8 Å². The van der Waals surface area contributed by atoms with Crippen LogP contribution in [0.1, 0.15) is 41.4 Å². The van der Waals surface area contributed by atoms with Crippen LogP contribution in [0.2, 0.25) is 0 Å². The van der Waals surface area contributed by atoms with Crippen LogP contribution in [0.15, 0.2) is 29.4 Å². The summed E-state index contributed by atoms with van der Waals surface area (Å²) < 4.78 is 7.44. The number of ether oxygens (including phenoxy) is 1. The Hall–Kier alpha value is -2.61. The lowest BCUT2D eigenvalue weighted by Crippen LogP contribution is -2.32. The van der Waals surface area contributed by atoms with Crippen molar-refractivity contribution in [1.82, 2.24) is 24.9 Å². The third-order valence-corrected chi connectivity index (χ3v) is 5.65. The average molecular weight is 398 g/mol. The molecule has 0 saturated carbocycles. The Kier molecular flexibility index (Phi) is 5.21. The van der Waals surface area contributed by atoms with Gasteiger partial charge in [0.2, 0.25) is 11.1 Å². The van der Waals surface area contributed by atoms with Gasteiger partial charge in [0.15, 0.2) is 0 Å². The zero-order valence-corrected chi connectivity index (χ0v) is 17.0. The normalized spacial score (nSPS) is 15.9. The van der Waals surface area contributed by atoms with Crippen molar-refractivity contribution < 1.29 is 9.53 Å². The fraction of sp³-hybridized carbons (Fsp3) is 0.400. The molecule has 8 heteroatoms. The van der Waals surface area contributed by atoms with E-state index in [-0.39, 0.29) is 11.9 Å². The minimum atomic E-state index is -0.000276. The minimum absolute atomic E-state index is 0.000276. The Bertz CT molecular complexity index is 1030. The van der Waals surface area contributed by atoms with Gasteiger partial charge in [0.25, 0.3) is 5.78 Å². The zero-order chi connectivity index (χ0) is 19.7. The first-order valence-electron chi connectivity index (χ1n) is 9.34. The fourth-order valence-electron chi connectivity index (χ4n) is 3.64. The van der Waals surface area contributed by atoms with Crippen molar-refractivity contribution in [2.75, 3.05) is 12.9 Å². The summed E-state index contributed by atoms with van der Waals surface area (Å²) in [6.45, 7) is 4.58. The summed E-state index contributed by atoms with van der Waals surface area (Å²) in [4.78, 5) is 21.6. The van der Waals surface area contributed by atoms with Crippen LogP contribution in [-0.4, -0.2) is 38.4 Å². The highest BCUT2D eigenvalue weighted by Crippen LogP contribution is 2.31. The maximum absolute atomic E-state index is 12.6. The molecule has 1 aromatic carbocycles. The molecule has 146 valence electrons. The van der Waals surface area contributed by atoms with Gasteiger partial charge in [-0.1, -0.05) is 30.0 Å². The highest BCUT2D eigenvalue weighted by molar-refractivity contribution is 7.98. The van der Waals surface area contributed by atoms with Crippen LogP contribution in [0.4, 0.5) is 0 Å². The standard InChI is InChI=1S/C20H23N5O2S/c1-12-14(13(2)25-19(21-12)23-20(24-25)28-3)8-9-18(26)22-16-10-11-27-17-7-5-4-6-15(16)17/h4-7,16H,8-11H2,1-3H3,(H,22,26)/t16-/m1/s1. The molecule has 0 aliphatic carbocycles. The molecule has 0 bridgehead atoms. The van der Waals surface area contributed by atoms with Gasteiger partial charge in [-0.05, 0) is 38.2 Å². The molecular formula is C20H23N5O2S. The van der Waals surface area contributed by atoms with E-state index in [4.69, 9.17) is 4.74 Å². The molecular weight excluding hydrogens is 374 g/mol. The number of carbonyl (C=O) groups excluding carboxylic acids is 1. The zero-order valence-electron chi connectivity index (χ0n) is 16.2. The predicted molar refractivity (Wildman–Crippen MR) is 108 cm³/mol. The number of nitrogens with one attached hydrogen (secondary N) is 1. The van der Waals surface area contributed by atoms with Crippen LogP contribution in [0.3, 0.4) is 0 Å². The quantitative estimate of drug-likeness (QED) is 0.667. The lowest BCUT2D eigenvalue weighted by molar-refractivity contribution is -0.122. The molecule has 1 amide bonds. The van der Waals surface area contributed by atoms with E-state index >= 15 is 0 Å². The summed E-state index contributed by atoms with van der Waals surface area (Å²) in [5.74, 6) is 1.49. The predicted octanol–water partition coefficient (Wildman–Crippen LogP) is 3.04. The number of amides is 1. The second-order valence-electron chi connectivity index (χ2n) is 6.87. The second kappa shape index (κ2) is 7.79. The molecule has 0 radical (unpaired) electrons. The van der Waals surface area contributed by atoms with Crippen molar-refractivity contribution in [3.8, 4) is 5.75 Å². The van der Waals surface area contributed by atoms with Crippen molar-refractivity contribution in [3.63, 3.8) is 0 Å². The first kappa shape index (κ1) is 18.7. The number of thioether (sulfide) groups is 1. The van der Waals surface area contributed by atoms with E-state index in [0.717, 1.165) is 34.7 Å². The van der Waals surface area contributed by atoms with Gasteiger partial charge in [-0.15, -0.1) is 5.10 Å². The molecule has 0 unspecified atom stereocenters. The van der Waals surface area contributed by atoms with Crippen molar-refractivity contribution in [2.24, 2.45) is 0 Å². The average Bonchev–Trinajstić information content (AvgIpc) is 3.11. The highest BCUT2D eigenvalue weighted by Gasteiger charge is 2.23. The van der Waals surface area contributed by atoms with Gasteiger partial charge in [0, 0.05) is 29.8 Å². The van der Waals surface area contributed by atoms with E-state index in [2.05, 4.69) is 20.4 Å². The van der Waals surface area contributed by atoms with E-state index in [1.807, 2.05) is 44.4 Å². The topological polar surface area (TPSA) is 81.4 Å². The van der Waals surface area contributed by atoms with Gasteiger partial charge < -0.3 is 10.1 Å². The summed E-state index contributed by atoms with van der Waals surface area (Å²) in [6, 6.07) is 7.88. The number of nitrogens with zero attached hydrogens (tertiary/aromatic N) is 4. The second-order valence-corrected chi connectivity index (χ2v) is 7.64. The summed E-state index contributed by atoms with van der Waals surface area (Å²) in [5, 5.41) is 8.32. The van der Waals surface area contributed by atoms with E-state index in [0.29, 0.717) is 30.4 Å². The van der Waals surface area contributed by atoms with E-state index in [9.17, 15) is 4.79 Å². The number of hydrogen-bond donors (Lipinski definition) is 1. The first-order chi connectivity index (χ1) is 13.6. The number of para-hydroxylation sites is 1. The SMILES string of the molecule is CSc1nc2nc(C)c(CCC(=O)N[C@@H]3CCOc4ccccc43)c(C)n2n1. The van der Waals surface area contributed by atoms with Crippen LogP contribution in [0.5, 0.6) is 5.75 Å².